The number of aromatic nitrogens is 2. The van der Waals surface area contributed by atoms with Crippen LogP contribution in [-0.2, 0) is 11.2 Å². The minimum Gasteiger partial charge on any atom is -0.493 e. The Kier molecular flexibility index (Phi) is 8.89. The van der Waals surface area contributed by atoms with E-state index in [1.54, 1.807) is 31.5 Å². The fourth-order valence-electron chi connectivity index (χ4n) is 5.24. The van der Waals surface area contributed by atoms with Gasteiger partial charge in [0.2, 0.25) is 0 Å². The van der Waals surface area contributed by atoms with Crippen LogP contribution in [0.3, 0.4) is 0 Å². The van der Waals surface area contributed by atoms with Crippen LogP contribution >= 0.6 is 0 Å². The number of carbonyl (C=O) groups excluding carboxylic acids is 1. The highest BCUT2D eigenvalue weighted by atomic mass is 16.5. The third-order valence-corrected chi connectivity index (χ3v) is 7.21. The van der Waals surface area contributed by atoms with Crippen molar-refractivity contribution in [3.05, 3.63) is 107 Å². The predicted molar refractivity (Wildman–Crippen MR) is 162 cm³/mol. The van der Waals surface area contributed by atoms with Gasteiger partial charge in [0.05, 0.1) is 24.2 Å². The molecule has 1 saturated carbocycles. The van der Waals surface area contributed by atoms with Crippen molar-refractivity contribution < 1.29 is 14.3 Å². The lowest BCUT2D eigenvalue weighted by Crippen LogP contribution is -2.25. The van der Waals surface area contributed by atoms with Crippen molar-refractivity contribution in [3.8, 4) is 11.5 Å². The van der Waals surface area contributed by atoms with Gasteiger partial charge in [-0.25, -0.2) is 4.98 Å². The molecule has 0 spiro atoms. The molecule has 8 nitrogen and oxygen atoms in total. The lowest BCUT2D eigenvalue weighted by atomic mass is 9.88. The van der Waals surface area contributed by atoms with E-state index in [4.69, 9.17) is 14.5 Å². The summed E-state index contributed by atoms with van der Waals surface area (Å²) in [6.07, 6.45) is 9.29. The number of methoxy groups -OCH3 is 1. The van der Waals surface area contributed by atoms with Crippen molar-refractivity contribution in [1.82, 2.24) is 9.66 Å². The number of anilines is 1. The lowest BCUT2D eigenvalue weighted by Gasteiger charge is -2.22. The van der Waals surface area contributed by atoms with E-state index < -0.39 is 0 Å². The first-order chi connectivity index (χ1) is 20.1. The molecule has 0 unspecified atom stereocenters. The van der Waals surface area contributed by atoms with E-state index in [1.807, 2.05) is 54.6 Å². The van der Waals surface area contributed by atoms with Gasteiger partial charge in [0.15, 0.2) is 18.1 Å². The third kappa shape index (κ3) is 6.54. The molecule has 1 aliphatic carbocycles. The Morgan fingerprint density at radius 1 is 1.10 bits per heavy atom. The topological polar surface area (TPSA) is 94.8 Å². The fourth-order valence-corrected chi connectivity index (χ4v) is 5.24. The summed E-state index contributed by atoms with van der Waals surface area (Å²) in [6.45, 7) is 3.68. The van der Waals surface area contributed by atoms with Crippen molar-refractivity contribution >= 4 is 28.7 Å². The number of fused-ring (bicyclic) bond motifs is 1. The zero-order valence-electron chi connectivity index (χ0n) is 23.2. The van der Waals surface area contributed by atoms with Gasteiger partial charge >= 0.3 is 0 Å². The smallest absolute Gasteiger partial charge is 0.282 e. The number of hydrogen-bond acceptors (Lipinski definition) is 6. The summed E-state index contributed by atoms with van der Waals surface area (Å²) < 4.78 is 13.0. The normalized spacial score (nSPS) is 13.8. The fraction of sp³-hybridized carbons (Fsp3) is 0.273. The van der Waals surface area contributed by atoms with Crippen LogP contribution in [0.2, 0.25) is 0 Å². The van der Waals surface area contributed by atoms with Crippen LogP contribution in [0, 0.1) is 0 Å². The number of nitrogens with zero attached hydrogens (tertiary/aromatic N) is 3. The van der Waals surface area contributed by atoms with Crippen LogP contribution in [0.4, 0.5) is 5.69 Å². The molecule has 1 N–H and O–H groups in total. The van der Waals surface area contributed by atoms with Gasteiger partial charge in [0.1, 0.15) is 5.82 Å². The standard InChI is InChI=1S/C33H34N4O4/c1-3-12-25-19-23(20-29(40-2)31(25)41-22-30(38)35-26-15-8-5-9-16-26)21-34-37-32(24-13-6-4-7-14-24)36-28-18-11-10-17-27(28)33(37)39/h3,5,8-11,15-21,24H,1,4,6-7,12-14,22H2,2H3,(H,35,38). The molecule has 8 heteroatoms. The number of hydrogen-bond donors (Lipinski definition) is 1. The molecule has 210 valence electrons. The highest BCUT2D eigenvalue weighted by molar-refractivity contribution is 5.92. The van der Waals surface area contributed by atoms with Gasteiger partial charge in [0, 0.05) is 17.2 Å². The van der Waals surface area contributed by atoms with Gasteiger partial charge in [-0.1, -0.05) is 55.7 Å². The number of carbonyl (C=O) groups is 1. The molecule has 4 aromatic rings. The van der Waals surface area contributed by atoms with Gasteiger partial charge in [-0.2, -0.15) is 9.78 Å². The van der Waals surface area contributed by atoms with Gasteiger partial charge < -0.3 is 14.8 Å². The van der Waals surface area contributed by atoms with Crippen molar-refractivity contribution in [2.24, 2.45) is 5.10 Å². The minimum atomic E-state index is -0.285. The molecular formula is C33H34N4O4. The minimum absolute atomic E-state index is 0.182. The lowest BCUT2D eigenvalue weighted by molar-refractivity contribution is -0.118. The SMILES string of the molecule is C=CCc1cc(C=Nn2c(C3CCCCC3)nc3ccccc3c2=O)cc(OC)c1OCC(=O)Nc1ccccc1. The second-order valence-corrected chi connectivity index (χ2v) is 10.1. The maximum Gasteiger partial charge on any atom is 0.282 e. The summed E-state index contributed by atoms with van der Waals surface area (Å²) in [7, 11) is 1.55. The Labute approximate surface area is 239 Å². The summed E-state index contributed by atoms with van der Waals surface area (Å²) >= 11 is 0. The number of para-hydroxylation sites is 2. The Morgan fingerprint density at radius 3 is 2.61 bits per heavy atom. The molecule has 0 radical (unpaired) electrons. The summed E-state index contributed by atoms with van der Waals surface area (Å²) in [5.41, 5.74) is 2.70. The molecule has 0 bridgehead atoms. The quantitative estimate of drug-likeness (QED) is 0.191. The van der Waals surface area contributed by atoms with Crippen LogP contribution in [0.15, 0.2) is 89.3 Å². The zero-order valence-corrected chi connectivity index (χ0v) is 23.2. The van der Waals surface area contributed by atoms with Crippen LogP contribution in [0.1, 0.15) is 55.0 Å². The van der Waals surface area contributed by atoms with Gasteiger partial charge in [-0.3, -0.25) is 9.59 Å². The summed E-state index contributed by atoms with van der Waals surface area (Å²) in [6, 6.07) is 20.3. The van der Waals surface area contributed by atoms with E-state index >= 15 is 0 Å². The molecule has 0 saturated heterocycles. The predicted octanol–water partition coefficient (Wildman–Crippen LogP) is 6.08. The molecule has 1 aliphatic rings. The van der Waals surface area contributed by atoms with Gasteiger partial charge in [0.25, 0.3) is 11.5 Å². The molecule has 1 amide bonds. The number of ether oxygens (including phenoxy) is 2. The number of benzene rings is 3. The first kappa shape index (κ1) is 27.8. The molecular weight excluding hydrogens is 516 g/mol. The zero-order chi connectivity index (χ0) is 28.6. The maximum absolute atomic E-state index is 13.6. The van der Waals surface area contributed by atoms with Crippen molar-refractivity contribution in [2.45, 2.75) is 44.4 Å². The van der Waals surface area contributed by atoms with Crippen LogP contribution in [-0.4, -0.2) is 35.5 Å². The van der Waals surface area contributed by atoms with Crippen molar-refractivity contribution in [1.29, 1.82) is 0 Å². The molecule has 1 heterocycles. The summed E-state index contributed by atoms with van der Waals surface area (Å²) in [5.74, 6) is 1.51. The van der Waals surface area contributed by atoms with Crippen molar-refractivity contribution in [3.63, 3.8) is 0 Å². The summed E-state index contributed by atoms with van der Waals surface area (Å²) in [4.78, 5) is 31.0. The Bertz CT molecular complexity index is 1620. The van der Waals surface area contributed by atoms with E-state index in [-0.39, 0.29) is 24.0 Å². The summed E-state index contributed by atoms with van der Waals surface area (Å²) in [5, 5.41) is 8.01. The van der Waals surface area contributed by atoms with E-state index in [0.29, 0.717) is 40.3 Å². The van der Waals surface area contributed by atoms with E-state index in [1.165, 1.54) is 11.1 Å². The largest absolute Gasteiger partial charge is 0.493 e. The average Bonchev–Trinajstić information content (AvgIpc) is 3.01. The van der Waals surface area contributed by atoms with Crippen LogP contribution < -0.4 is 20.3 Å². The molecule has 1 fully saturated rings. The average molecular weight is 551 g/mol. The first-order valence-corrected chi connectivity index (χ1v) is 13.9. The van der Waals surface area contributed by atoms with Gasteiger partial charge in [-0.15, -0.1) is 6.58 Å². The molecule has 3 aromatic carbocycles. The molecule has 5 rings (SSSR count). The molecule has 0 atom stereocenters. The van der Waals surface area contributed by atoms with Crippen LogP contribution in [0.5, 0.6) is 11.5 Å². The van der Waals surface area contributed by atoms with Crippen molar-refractivity contribution in [2.75, 3.05) is 19.0 Å². The highest BCUT2D eigenvalue weighted by Crippen LogP contribution is 2.34. The van der Waals surface area contributed by atoms with E-state index in [9.17, 15) is 9.59 Å². The molecule has 1 aromatic heterocycles. The second kappa shape index (κ2) is 13.1. The molecule has 0 aliphatic heterocycles. The number of nitrogens with one attached hydrogen (secondary N) is 1. The Hall–Kier alpha value is -4.72. The Balaban J connectivity index is 1.46. The van der Waals surface area contributed by atoms with E-state index in [2.05, 4.69) is 17.0 Å². The number of amides is 1. The number of rotatable bonds is 10. The maximum atomic E-state index is 13.6. The highest BCUT2D eigenvalue weighted by Gasteiger charge is 2.22. The van der Waals surface area contributed by atoms with E-state index in [0.717, 1.165) is 36.8 Å². The second-order valence-electron chi connectivity index (χ2n) is 10.1. The Morgan fingerprint density at radius 2 is 1.85 bits per heavy atom. The first-order valence-electron chi connectivity index (χ1n) is 13.9. The third-order valence-electron chi connectivity index (χ3n) is 7.21. The number of allylic oxidation sites excluding steroid dienone is 1. The monoisotopic (exact) mass is 550 g/mol. The molecule has 41 heavy (non-hydrogen) atoms. The van der Waals surface area contributed by atoms with Gasteiger partial charge in [-0.05, 0) is 61.2 Å². The van der Waals surface area contributed by atoms with Crippen LogP contribution in [0.25, 0.3) is 10.9 Å².